The average molecular weight is 534 g/mol. The molecule has 1 fully saturated rings. The minimum absolute atomic E-state index is 0.150. The lowest BCUT2D eigenvalue weighted by Crippen LogP contribution is -2.32. The summed E-state index contributed by atoms with van der Waals surface area (Å²) in [6.07, 6.45) is -6.32. The van der Waals surface area contributed by atoms with Crippen molar-refractivity contribution in [1.29, 1.82) is 0 Å². The average Bonchev–Trinajstić information content (AvgIpc) is 3.12. The Bertz CT molecular complexity index is 1370. The molecule has 1 aliphatic rings. The highest BCUT2D eigenvalue weighted by Gasteiger charge is 2.41. The van der Waals surface area contributed by atoms with Crippen LogP contribution in [0.4, 0.5) is 26.7 Å². The van der Waals surface area contributed by atoms with Crippen molar-refractivity contribution in [3.8, 4) is 16.9 Å². The molecular weight excluding hydrogens is 505 g/mol. The number of amides is 1. The summed E-state index contributed by atoms with van der Waals surface area (Å²) < 4.78 is 80.9. The zero-order chi connectivity index (χ0) is 27.9. The first kappa shape index (κ1) is 27.4. The van der Waals surface area contributed by atoms with Crippen LogP contribution in [0.15, 0.2) is 48.5 Å². The molecule has 3 aromatic rings. The van der Waals surface area contributed by atoms with Gasteiger partial charge in [0.25, 0.3) is 0 Å². The SMILES string of the molecule is COc1cc(F)c(C(C)C)cc1-c1cccc(F)c1CN1C(=O)O[C@H](c2cc(C)cc(C(F)(F)F)c2)[C@@H]1C. The molecule has 1 saturated heterocycles. The molecule has 9 heteroatoms. The number of methoxy groups -OCH3 is 1. The Morgan fingerprint density at radius 3 is 2.37 bits per heavy atom. The fraction of sp³-hybridized carbons (Fsp3) is 0.345. The number of halogens is 5. The third kappa shape index (κ3) is 5.19. The molecule has 2 atom stereocenters. The largest absolute Gasteiger partial charge is 0.496 e. The van der Waals surface area contributed by atoms with E-state index in [1.807, 2.05) is 13.8 Å². The highest BCUT2D eigenvalue weighted by atomic mass is 19.4. The summed E-state index contributed by atoms with van der Waals surface area (Å²) in [4.78, 5) is 14.2. The normalized spacial score (nSPS) is 17.8. The van der Waals surface area contributed by atoms with E-state index in [0.29, 0.717) is 22.3 Å². The molecule has 0 aliphatic carbocycles. The molecule has 38 heavy (non-hydrogen) atoms. The first-order chi connectivity index (χ1) is 17.8. The zero-order valence-corrected chi connectivity index (χ0v) is 21.6. The second-order valence-corrected chi connectivity index (χ2v) is 9.80. The van der Waals surface area contributed by atoms with Crippen molar-refractivity contribution in [3.63, 3.8) is 0 Å². The van der Waals surface area contributed by atoms with Gasteiger partial charge in [-0.1, -0.05) is 37.6 Å². The summed E-state index contributed by atoms with van der Waals surface area (Å²) in [7, 11) is 1.38. The van der Waals surface area contributed by atoms with E-state index in [0.717, 1.165) is 12.1 Å². The molecule has 1 amide bonds. The number of nitrogens with zero attached hydrogens (tertiary/aromatic N) is 1. The van der Waals surface area contributed by atoms with E-state index >= 15 is 4.39 Å². The molecule has 4 nitrogen and oxygen atoms in total. The van der Waals surface area contributed by atoms with Crippen molar-refractivity contribution < 1.29 is 36.2 Å². The van der Waals surface area contributed by atoms with Crippen molar-refractivity contribution in [2.24, 2.45) is 0 Å². The van der Waals surface area contributed by atoms with Crippen LogP contribution < -0.4 is 4.74 Å². The van der Waals surface area contributed by atoms with Gasteiger partial charge in [-0.05, 0) is 60.7 Å². The number of carbonyl (C=O) groups excluding carboxylic acids is 1. The molecule has 0 spiro atoms. The minimum Gasteiger partial charge on any atom is -0.496 e. The minimum atomic E-state index is -4.56. The molecule has 0 saturated carbocycles. The first-order valence-corrected chi connectivity index (χ1v) is 12.1. The van der Waals surface area contributed by atoms with Crippen LogP contribution >= 0.6 is 0 Å². The second-order valence-electron chi connectivity index (χ2n) is 9.80. The Hall–Kier alpha value is -3.62. The highest BCUT2D eigenvalue weighted by molar-refractivity contribution is 5.76. The Kier molecular flexibility index (Phi) is 7.41. The van der Waals surface area contributed by atoms with Gasteiger partial charge in [0.2, 0.25) is 0 Å². The van der Waals surface area contributed by atoms with Crippen molar-refractivity contribution in [2.45, 2.75) is 58.5 Å². The van der Waals surface area contributed by atoms with Gasteiger partial charge in [-0.2, -0.15) is 13.2 Å². The van der Waals surface area contributed by atoms with Gasteiger partial charge in [0.1, 0.15) is 23.5 Å². The van der Waals surface area contributed by atoms with Gasteiger partial charge < -0.3 is 9.47 Å². The third-order valence-corrected chi connectivity index (χ3v) is 6.83. The molecule has 0 unspecified atom stereocenters. The number of alkyl halides is 3. The smallest absolute Gasteiger partial charge is 0.416 e. The van der Waals surface area contributed by atoms with E-state index in [4.69, 9.17) is 9.47 Å². The maximum absolute atomic E-state index is 15.3. The molecule has 0 bridgehead atoms. The van der Waals surface area contributed by atoms with E-state index in [2.05, 4.69) is 0 Å². The molecule has 0 aromatic heterocycles. The molecule has 0 N–H and O–H groups in total. The summed E-state index contributed by atoms with van der Waals surface area (Å²) in [6.45, 7) is 6.62. The van der Waals surface area contributed by atoms with Crippen LogP contribution in [-0.2, 0) is 17.5 Å². The predicted molar refractivity (Wildman–Crippen MR) is 133 cm³/mol. The Morgan fingerprint density at radius 2 is 1.74 bits per heavy atom. The van der Waals surface area contributed by atoms with Gasteiger partial charge in [-0.3, -0.25) is 4.90 Å². The van der Waals surface area contributed by atoms with Crippen LogP contribution in [-0.4, -0.2) is 24.1 Å². The lowest BCUT2D eigenvalue weighted by Gasteiger charge is -2.24. The summed E-state index contributed by atoms with van der Waals surface area (Å²) in [5, 5.41) is 0. The molecular formula is C29H28F5NO3. The standard InChI is InChI=1S/C29H28F5NO3/c1-15(2)21-12-22(26(37-5)13-25(21)31)20-7-6-8-24(30)23(20)14-35-17(4)27(38-28(35)36)18-9-16(3)10-19(11-18)29(32,33)34/h6-13,15,17,27H,14H2,1-5H3/t17-,27-/m0/s1. The van der Waals surface area contributed by atoms with Gasteiger partial charge in [0.15, 0.2) is 0 Å². The Morgan fingerprint density at radius 1 is 1.03 bits per heavy atom. The molecule has 4 rings (SSSR count). The lowest BCUT2D eigenvalue weighted by atomic mass is 9.92. The van der Waals surface area contributed by atoms with Gasteiger partial charge in [-0.25, -0.2) is 13.6 Å². The summed E-state index contributed by atoms with van der Waals surface area (Å²) in [6, 6.07) is 10.1. The van der Waals surface area contributed by atoms with Crippen molar-refractivity contribution in [1.82, 2.24) is 4.90 Å². The molecule has 3 aromatic carbocycles. The lowest BCUT2D eigenvalue weighted by molar-refractivity contribution is -0.137. The van der Waals surface area contributed by atoms with E-state index in [1.54, 1.807) is 25.1 Å². The quantitative estimate of drug-likeness (QED) is 0.300. The third-order valence-electron chi connectivity index (χ3n) is 6.83. The van der Waals surface area contributed by atoms with Gasteiger partial charge in [-0.15, -0.1) is 0 Å². The van der Waals surface area contributed by atoms with E-state index < -0.39 is 41.6 Å². The Balaban J connectivity index is 1.73. The Labute approximate surface area is 218 Å². The number of cyclic esters (lactones) is 1. The van der Waals surface area contributed by atoms with E-state index in [9.17, 15) is 22.4 Å². The summed E-state index contributed by atoms with van der Waals surface area (Å²) in [5.41, 5.74) is 1.17. The molecule has 1 heterocycles. The maximum atomic E-state index is 15.3. The number of rotatable bonds is 6. The summed E-state index contributed by atoms with van der Waals surface area (Å²) in [5.74, 6) is -0.997. The number of hydrogen-bond acceptors (Lipinski definition) is 3. The van der Waals surface area contributed by atoms with E-state index in [-0.39, 0.29) is 29.3 Å². The summed E-state index contributed by atoms with van der Waals surface area (Å²) >= 11 is 0. The zero-order valence-electron chi connectivity index (χ0n) is 21.6. The number of aryl methyl sites for hydroxylation is 1. The van der Waals surface area contributed by atoms with Crippen molar-refractivity contribution in [3.05, 3.63) is 88.0 Å². The second kappa shape index (κ2) is 10.3. The monoisotopic (exact) mass is 533 g/mol. The fourth-order valence-electron chi connectivity index (χ4n) is 4.84. The predicted octanol–water partition coefficient (Wildman–Crippen LogP) is 8.17. The molecule has 1 aliphatic heterocycles. The van der Waals surface area contributed by atoms with Crippen LogP contribution in [0.1, 0.15) is 60.6 Å². The number of hydrogen-bond donors (Lipinski definition) is 0. The fourth-order valence-corrected chi connectivity index (χ4v) is 4.84. The number of carbonyl (C=O) groups is 1. The molecule has 0 radical (unpaired) electrons. The van der Waals surface area contributed by atoms with E-state index in [1.165, 1.54) is 37.1 Å². The molecule has 202 valence electrons. The van der Waals surface area contributed by atoms with Crippen LogP contribution in [0.3, 0.4) is 0 Å². The topological polar surface area (TPSA) is 38.8 Å². The van der Waals surface area contributed by atoms with Crippen LogP contribution in [0, 0.1) is 18.6 Å². The van der Waals surface area contributed by atoms with Crippen molar-refractivity contribution in [2.75, 3.05) is 7.11 Å². The van der Waals surface area contributed by atoms with Crippen LogP contribution in [0.2, 0.25) is 0 Å². The number of ether oxygens (including phenoxy) is 2. The van der Waals surface area contributed by atoms with Crippen molar-refractivity contribution >= 4 is 6.09 Å². The first-order valence-electron chi connectivity index (χ1n) is 12.1. The van der Waals surface area contributed by atoms with Gasteiger partial charge in [0.05, 0.1) is 25.3 Å². The van der Waals surface area contributed by atoms with Gasteiger partial charge in [0, 0.05) is 17.2 Å². The highest BCUT2D eigenvalue weighted by Crippen LogP contribution is 2.41. The number of benzene rings is 3. The van der Waals surface area contributed by atoms with Gasteiger partial charge >= 0.3 is 12.3 Å². The van der Waals surface area contributed by atoms with Crippen LogP contribution in [0.5, 0.6) is 5.75 Å². The van der Waals surface area contributed by atoms with Crippen LogP contribution in [0.25, 0.3) is 11.1 Å². The maximum Gasteiger partial charge on any atom is 0.416 e.